The Bertz CT molecular complexity index is 791. The third-order valence-electron chi connectivity index (χ3n) is 3.06. The molecule has 0 fully saturated rings. The van der Waals surface area contributed by atoms with E-state index in [1.165, 1.54) is 12.3 Å². The summed E-state index contributed by atoms with van der Waals surface area (Å²) in [7, 11) is 0. The van der Waals surface area contributed by atoms with Gasteiger partial charge in [0.2, 0.25) is 0 Å². The molecule has 0 aliphatic rings. The summed E-state index contributed by atoms with van der Waals surface area (Å²) in [5.74, 6) is -0.828. The van der Waals surface area contributed by atoms with Crippen molar-refractivity contribution >= 4 is 29.1 Å². The van der Waals surface area contributed by atoms with Crippen molar-refractivity contribution in [2.24, 2.45) is 5.73 Å². The summed E-state index contributed by atoms with van der Waals surface area (Å²) < 4.78 is 0. The number of primary amides is 1. The van der Waals surface area contributed by atoms with Crippen molar-refractivity contribution in [1.82, 2.24) is 4.98 Å². The van der Waals surface area contributed by atoms with Crippen LogP contribution in [-0.4, -0.2) is 22.0 Å². The number of anilines is 1. The van der Waals surface area contributed by atoms with Gasteiger partial charge in [0.1, 0.15) is 0 Å². The number of rotatable bonds is 5. The highest BCUT2D eigenvalue weighted by atomic mass is 16.6. The van der Waals surface area contributed by atoms with Gasteiger partial charge in [0.05, 0.1) is 22.4 Å². The summed E-state index contributed by atoms with van der Waals surface area (Å²) in [5, 5.41) is 18.2. The number of benzene rings is 1. The summed E-state index contributed by atoms with van der Waals surface area (Å²) in [6.07, 6.45) is 1.99. The first-order valence-electron chi connectivity index (χ1n) is 6.18. The van der Waals surface area contributed by atoms with Gasteiger partial charge in [-0.2, -0.15) is 0 Å². The first-order valence-corrected chi connectivity index (χ1v) is 6.18. The molecule has 0 bridgehead atoms. The summed E-state index contributed by atoms with van der Waals surface area (Å²) in [4.78, 5) is 24.6. The normalized spacial score (nSPS) is 11.6. The number of carbonyl (C=O) groups is 1. The Kier molecular flexibility index (Phi) is 4.03. The lowest BCUT2D eigenvalue weighted by Gasteiger charge is -2.11. The molecule has 8 nitrogen and oxygen atoms in total. The smallest absolute Gasteiger partial charge is 0.287 e. The first kappa shape index (κ1) is 15.0. The Balaban J connectivity index is 2.76. The van der Waals surface area contributed by atoms with E-state index in [-0.39, 0.29) is 22.5 Å². The van der Waals surface area contributed by atoms with E-state index in [0.29, 0.717) is 11.3 Å². The predicted molar refractivity (Wildman–Crippen MR) is 82.3 cm³/mol. The predicted octanol–water partition coefficient (Wildman–Crippen LogP) is 1.44. The monoisotopic (exact) mass is 299 g/mol. The number of para-hydroxylation sites is 1. The Hall–Kier alpha value is -3.42. The number of nitrogen functional groups attached to an aromatic ring is 1. The molecule has 8 heteroatoms. The summed E-state index contributed by atoms with van der Waals surface area (Å²) in [6, 6.07) is 7.93. The van der Waals surface area contributed by atoms with Crippen LogP contribution in [0.25, 0.3) is 5.57 Å². The molecule has 0 saturated heterocycles. The summed E-state index contributed by atoms with van der Waals surface area (Å²) in [5.41, 5.74) is 12.3. The minimum Gasteiger partial charge on any atom is -0.398 e. The zero-order chi connectivity index (χ0) is 16.3. The molecule has 0 aliphatic carbocycles. The standard InChI is InChI=1S/C14H13N5O3/c15-6-10(14(17)20)13(9-3-1-2-4-11(9)16)12-5-8(7-18-12)19(21)22/h1-7,15,18H,16H2,(H2,17,20)/b13-10+,15-6?. The van der Waals surface area contributed by atoms with Gasteiger partial charge in [-0.1, -0.05) is 18.2 Å². The molecule has 0 saturated carbocycles. The average Bonchev–Trinajstić information content (AvgIpc) is 2.95. The van der Waals surface area contributed by atoms with Crippen molar-refractivity contribution in [3.8, 4) is 0 Å². The van der Waals surface area contributed by atoms with Gasteiger partial charge in [0, 0.05) is 29.1 Å². The molecule has 2 aromatic rings. The van der Waals surface area contributed by atoms with Gasteiger partial charge in [-0.15, -0.1) is 0 Å². The summed E-state index contributed by atoms with van der Waals surface area (Å²) >= 11 is 0. The molecule has 1 heterocycles. The number of H-pyrrole nitrogens is 1. The molecular weight excluding hydrogens is 286 g/mol. The minimum absolute atomic E-state index is 0.102. The molecule has 0 radical (unpaired) electrons. The highest BCUT2D eigenvalue weighted by Crippen LogP contribution is 2.31. The maximum absolute atomic E-state index is 11.6. The highest BCUT2D eigenvalue weighted by Gasteiger charge is 2.20. The van der Waals surface area contributed by atoms with Crippen molar-refractivity contribution in [2.45, 2.75) is 0 Å². The topological polar surface area (TPSA) is 152 Å². The lowest BCUT2D eigenvalue weighted by molar-refractivity contribution is -0.384. The van der Waals surface area contributed by atoms with Gasteiger partial charge in [0.15, 0.2) is 0 Å². The molecule has 6 N–H and O–H groups in total. The number of nitrogens with two attached hydrogens (primary N) is 2. The lowest BCUT2D eigenvalue weighted by Crippen LogP contribution is -2.17. The maximum Gasteiger partial charge on any atom is 0.287 e. The fourth-order valence-electron chi connectivity index (χ4n) is 2.06. The fraction of sp³-hybridized carbons (Fsp3) is 0. The number of aromatic amines is 1. The SMILES string of the molecule is N=C/C(C(N)=O)=C(\c1cc([N+](=O)[O-])c[nH]1)c1ccccc1N. The van der Waals surface area contributed by atoms with Crippen LogP contribution >= 0.6 is 0 Å². The number of nitro groups is 1. The Morgan fingerprint density at radius 2 is 2.05 bits per heavy atom. The minimum atomic E-state index is -0.828. The van der Waals surface area contributed by atoms with Crippen LogP contribution in [-0.2, 0) is 4.79 Å². The van der Waals surface area contributed by atoms with E-state index in [1.807, 2.05) is 0 Å². The number of aromatic nitrogens is 1. The van der Waals surface area contributed by atoms with E-state index in [4.69, 9.17) is 16.9 Å². The number of carbonyl (C=O) groups excluding carboxylic acids is 1. The molecule has 22 heavy (non-hydrogen) atoms. The molecule has 0 spiro atoms. The number of hydrogen-bond acceptors (Lipinski definition) is 5. The fourth-order valence-corrected chi connectivity index (χ4v) is 2.06. The third-order valence-corrected chi connectivity index (χ3v) is 3.06. The second kappa shape index (κ2) is 5.92. The van der Waals surface area contributed by atoms with Gasteiger partial charge in [-0.3, -0.25) is 14.9 Å². The van der Waals surface area contributed by atoms with Crippen molar-refractivity contribution in [3.05, 3.63) is 63.5 Å². The molecule has 0 atom stereocenters. The number of amides is 1. The number of nitrogens with zero attached hydrogens (tertiary/aromatic N) is 1. The quantitative estimate of drug-likeness (QED) is 0.217. The van der Waals surface area contributed by atoms with Crippen molar-refractivity contribution in [1.29, 1.82) is 5.41 Å². The van der Waals surface area contributed by atoms with E-state index < -0.39 is 10.8 Å². The van der Waals surface area contributed by atoms with Crippen molar-refractivity contribution < 1.29 is 9.72 Å². The maximum atomic E-state index is 11.6. The molecule has 1 aromatic carbocycles. The van der Waals surface area contributed by atoms with Crippen LogP contribution in [0.1, 0.15) is 11.3 Å². The Morgan fingerprint density at radius 3 is 2.55 bits per heavy atom. The first-order chi connectivity index (χ1) is 10.5. The molecule has 1 amide bonds. The van der Waals surface area contributed by atoms with Crippen molar-refractivity contribution in [2.75, 3.05) is 5.73 Å². The number of nitrogens with one attached hydrogen (secondary N) is 2. The zero-order valence-electron chi connectivity index (χ0n) is 11.4. The zero-order valence-corrected chi connectivity index (χ0v) is 11.4. The van der Waals surface area contributed by atoms with Gasteiger partial charge in [-0.05, 0) is 6.07 Å². The molecule has 112 valence electrons. The molecule has 0 unspecified atom stereocenters. The Morgan fingerprint density at radius 1 is 1.36 bits per heavy atom. The van der Waals surface area contributed by atoms with Crippen LogP contribution < -0.4 is 11.5 Å². The van der Waals surface area contributed by atoms with E-state index >= 15 is 0 Å². The average molecular weight is 299 g/mol. The van der Waals surface area contributed by atoms with E-state index in [9.17, 15) is 14.9 Å². The largest absolute Gasteiger partial charge is 0.398 e. The van der Waals surface area contributed by atoms with Crippen LogP contribution in [0.2, 0.25) is 0 Å². The molecule has 2 rings (SSSR count). The second-order valence-corrected chi connectivity index (χ2v) is 4.41. The molecular formula is C14H13N5O3. The van der Waals surface area contributed by atoms with Crippen LogP contribution in [0.15, 0.2) is 42.1 Å². The molecule has 1 aromatic heterocycles. The van der Waals surface area contributed by atoms with E-state index in [1.54, 1.807) is 24.3 Å². The third kappa shape index (κ3) is 2.70. The summed E-state index contributed by atoms with van der Waals surface area (Å²) in [6.45, 7) is 0. The second-order valence-electron chi connectivity index (χ2n) is 4.41. The molecule has 0 aliphatic heterocycles. The lowest BCUT2D eigenvalue weighted by atomic mass is 9.95. The number of hydrogen-bond donors (Lipinski definition) is 4. The van der Waals surface area contributed by atoms with Crippen LogP contribution in [0.3, 0.4) is 0 Å². The van der Waals surface area contributed by atoms with Crippen molar-refractivity contribution in [3.63, 3.8) is 0 Å². The van der Waals surface area contributed by atoms with Gasteiger partial charge in [-0.25, -0.2) is 0 Å². The van der Waals surface area contributed by atoms with E-state index in [0.717, 1.165) is 6.21 Å². The van der Waals surface area contributed by atoms with Crippen LogP contribution in [0, 0.1) is 15.5 Å². The Labute approximate surface area is 125 Å². The van der Waals surface area contributed by atoms with Crippen LogP contribution in [0.5, 0.6) is 0 Å². The van der Waals surface area contributed by atoms with Gasteiger partial charge in [0.25, 0.3) is 11.6 Å². The highest BCUT2D eigenvalue weighted by molar-refractivity contribution is 6.19. The van der Waals surface area contributed by atoms with Crippen LogP contribution in [0.4, 0.5) is 11.4 Å². The van der Waals surface area contributed by atoms with Gasteiger partial charge < -0.3 is 21.9 Å². The van der Waals surface area contributed by atoms with Gasteiger partial charge >= 0.3 is 0 Å². The van der Waals surface area contributed by atoms with E-state index in [2.05, 4.69) is 4.98 Å².